The molecule has 3 rings (SSSR count). The van der Waals surface area contributed by atoms with Crippen LogP contribution in [0.25, 0.3) is 0 Å². The van der Waals surface area contributed by atoms with Gasteiger partial charge in [-0.15, -0.1) is 11.3 Å². The second-order valence-corrected chi connectivity index (χ2v) is 7.72. The maximum absolute atomic E-state index is 12.4. The van der Waals surface area contributed by atoms with Crippen molar-refractivity contribution in [2.24, 2.45) is 5.92 Å². The van der Waals surface area contributed by atoms with Crippen molar-refractivity contribution in [3.05, 3.63) is 40.1 Å². The van der Waals surface area contributed by atoms with Crippen LogP contribution in [0, 0.1) is 19.8 Å². The molecular formula is C18H25N5OS. The predicted molar refractivity (Wildman–Crippen MR) is 101 cm³/mol. The summed E-state index contributed by atoms with van der Waals surface area (Å²) in [6.45, 7) is 7.52. The summed E-state index contributed by atoms with van der Waals surface area (Å²) in [4.78, 5) is 26.5. The van der Waals surface area contributed by atoms with Crippen molar-refractivity contribution in [3.63, 3.8) is 0 Å². The Morgan fingerprint density at radius 1 is 1.40 bits per heavy atom. The number of urea groups is 1. The van der Waals surface area contributed by atoms with Crippen LogP contribution in [-0.4, -0.2) is 52.5 Å². The highest BCUT2D eigenvalue weighted by molar-refractivity contribution is 7.09. The lowest BCUT2D eigenvalue weighted by Gasteiger charge is -2.21. The molecule has 1 aliphatic heterocycles. The molecule has 1 atom stereocenters. The van der Waals surface area contributed by atoms with Gasteiger partial charge in [0, 0.05) is 36.8 Å². The normalized spacial score (nSPS) is 17.3. The molecular weight excluding hydrogens is 334 g/mol. The molecule has 0 spiro atoms. The summed E-state index contributed by atoms with van der Waals surface area (Å²) < 4.78 is 0. The van der Waals surface area contributed by atoms with Gasteiger partial charge >= 0.3 is 6.03 Å². The number of carbonyl (C=O) groups excluding carboxylic acids is 1. The number of likely N-dealkylation sites (tertiary alicyclic amines) is 1. The third kappa shape index (κ3) is 4.76. The lowest BCUT2D eigenvalue weighted by Crippen LogP contribution is -2.34. The molecule has 0 aliphatic carbocycles. The zero-order valence-corrected chi connectivity index (χ0v) is 15.8. The number of nitrogens with zero attached hydrogens (tertiary/aromatic N) is 4. The average Bonchev–Trinajstić information content (AvgIpc) is 3.19. The van der Waals surface area contributed by atoms with Crippen LogP contribution in [0.3, 0.4) is 0 Å². The van der Waals surface area contributed by atoms with E-state index in [-0.39, 0.29) is 6.03 Å². The smallest absolute Gasteiger partial charge is 0.321 e. The number of thiazole rings is 1. The first-order valence-electron chi connectivity index (χ1n) is 8.57. The van der Waals surface area contributed by atoms with Gasteiger partial charge in [-0.25, -0.2) is 9.78 Å². The predicted octanol–water partition coefficient (Wildman–Crippen LogP) is 3.14. The fraction of sp³-hybridized carbons (Fsp3) is 0.500. The Bertz CT molecular complexity index is 715. The van der Waals surface area contributed by atoms with E-state index >= 15 is 0 Å². The molecule has 0 bridgehead atoms. The highest BCUT2D eigenvalue weighted by Gasteiger charge is 2.27. The van der Waals surface area contributed by atoms with E-state index in [1.165, 1.54) is 4.88 Å². The summed E-state index contributed by atoms with van der Waals surface area (Å²) >= 11 is 1.71. The number of anilines is 1. The maximum atomic E-state index is 12.4. The fourth-order valence-electron chi connectivity index (χ4n) is 3.14. The van der Waals surface area contributed by atoms with E-state index in [0.29, 0.717) is 5.92 Å². The quantitative estimate of drug-likeness (QED) is 0.891. The van der Waals surface area contributed by atoms with Crippen LogP contribution >= 0.6 is 11.3 Å². The first-order valence-corrected chi connectivity index (χ1v) is 9.45. The SMILES string of the molecule is Cc1ccc(NC(=O)N2CC[C@@H](CN(C)Cc3scnc3C)C2)cn1. The van der Waals surface area contributed by atoms with Crippen molar-refractivity contribution < 1.29 is 4.79 Å². The van der Waals surface area contributed by atoms with Crippen molar-refractivity contribution in [2.75, 3.05) is 32.0 Å². The molecule has 1 aliphatic rings. The van der Waals surface area contributed by atoms with Gasteiger partial charge in [-0.3, -0.25) is 4.98 Å². The van der Waals surface area contributed by atoms with E-state index in [4.69, 9.17) is 0 Å². The molecule has 2 amide bonds. The minimum absolute atomic E-state index is 0.0332. The molecule has 25 heavy (non-hydrogen) atoms. The number of pyridine rings is 1. The first kappa shape index (κ1) is 17.8. The number of hydrogen-bond acceptors (Lipinski definition) is 5. The summed E-state index contributed by atoms with van der Waals surface area (Å²) in [6, 6.07) is 3.76. The van der Waals surface area contributed by atoms with E-state index in [2.05, 4.69) is 34.2 Å². The lowest BCUT2D eigenvalue weighted by atomic mass is 10.1. The van der Waals surface area contributed by atoms with Gasteiger partial charge in [0.25, 0.3) is 0 Å². The zero-order valence-electron chi connectivity index (χ0n) is 15.0. The highest BCUT2D eigenvalue weighted by atomic mass is 32.1. The molecule has 1 saturated heterocycles. The second kappa shape index (κ2) is 7.93. The summed E-state index contributed by atoms with van der Waals surface area (Å²) in [5, 5.41) is 2.93. The number of amides is 2. The number of rotatable bonds is 5. The van der Waals surface area contributed by atoms with Crippen molar-refractivity contribution in [2.45, 2.75) is 26.8 Å². The Kier molecular flexibility index (Phi) is 5.65. The van der Waals surface area contributed by atoms with Gasteiger partial charge in [0.05, 0.1) is 23.1 Å². The monoisotopic (exact) mass is 359 g/mol. The number of carbonyl (C=O) groups is 1. The molecule has 2 aromatic heterocycles. The zero-order chi connectivity index (χ0) is 17.8. The van der Waals surface area contributed by atoms with E-state index in [9.17, 15) is 4.79 Å². The Labute approximate surface area is 152 Å². The first-order chi connectivity index (χ1) is 12.0. The molecule has 3 heterocycles. The van der Waals surface area contributed by atoms with Crippen molar-refractivity contribution in [1.29, 1.82) is 0 Å². The summed E-state index contributed by atoms with van der Waals surface area (Å²) in [5.41, 5.74) is 4.71. The third-order valence-electron chi connectivity index (χ3n) is 4.56. The van der Waals surface area contributed by atoms with Crippen LogP contribution in [-0.2, 0) is 6.54 Å². The van der Waals surface area contributed by atoms with Gasteiger partial charge < -0.3 is 15.1 Å². The molecule has 2 aromatic rings. The van der Waals surface area contributed by atoms with E-state index < -0.39 is 0 Å². The maximum Gasteiger partial charge on any atom is 0.321 e. The molecule has 0 aromatic carbocycles. The largest absolute Gasteiger partial charge is 0.324 e. The third-order valence-corrected chi connectivity index (χ3v) is 5.48. The molecule has 0 radical (unpaired) electrons. The molecule has 7 heteroatoms. The van der Waals surface area contributed by atoms with Crippen molar-refractivity contribution >= 4 is 23.1 Å². The van der Waals surface area contributed by atoms with Gasteiger partial charge in [0.1, 0.15) is 0 Å². The summed E-state index contributed by atoms with van der Waals surface area (Å²) in [5.74, 6) is 0.514. The highest BCUT2D eigenvalue weighted by Crippen LogP contribution is 2.20. The molecule has 0 unspecified atom stereocenters. The van der Waals surface area contributed by atoms with Gasteiger partial charge in [-0.2, -0.15) is 0 Å². The lowest BCUT2D eigenvalue weighted by molar-refractivity contribution is 0.217. The Hall–Kier alpha value is -1.99. The van der Waals surface area contributed by atoms with Crippen LogP contribution in [0.4, 0.5) is 10.5 Å². The van der Waals surface area contributed by atoms with Crippen molar-refractivity contribution in [1.82, 2.24) is 19.8 Å². The Balaban J connectivity index is 1.47. The molecule has 1 N–H and O–H groups in total. The number of hydrogen-bond donors (Lipinski definition) is 1. The van der Waals surface area contributed by atoms with Crippen LogP contribution in [0.1, 0.15) is 22.7 Å². The molecule has 1 fully saturated rings. The van der Waals surface area contributed by atoms with Crippen LogP contribution in [0.5, 0.6) is 0 Å². The summed E-state index contributed by atoms with van der Waals surface area (Å²) in [7, 11) is 2.14. The second-order valence-electron chi connectivity index (χ2n) is 6.78. The van der Waals surface area contributed by atoms with E-state index in [0.717, 1.165) is 49.7 Å². The average molecular weight is 359 g/mol. The fourth-order valence-corrected chi connectivity index (χ4v) is 4.00. The van der Waals surface area contributed by atoms with Crippen molar-refractivity contribution in [3.8, 4) is 0 Å². The van der Waals surface area contributed by atoms with Crippen LogP contribution in [0.2, 0.25) is 0 Å². The topological polar surface area (TPSA) is 61.4 Å². The number of aryl methyl sites for hydroxylation is 2. The minimum Gasteiger partial charge on any atom is -0.324 e. The van der Waals surface area contributed by atoms with E-state index in [1.54, 1.807) is 17.5 Å². The van der Waals surface area contributed by atoms with Gasteiger partial charge in [0.2, 0.25) is 0 Å². The Morgan fingerprint density at radius 2 is 2.24 bits per heavy atom. The van der Waals surface area contributed by atoms with Gasteiger partial charge in [-0.1, -0.05) is 0 Å². The van der Waals surface area contributed by atoms with Gasteiger partial charge in [-0.05, 0) is 45.4 Å². The van der Waals surface area contributed by atoms with Crippen LogP contribution in [0.15, 0.2) is 23.8 Å². The minimum atomic E-state index is -0.0332. The molecule has 0 saturated carbocycles. The number of nitrogens with one attached hydrogen (secondary N) is 1. The number of aromatic nitrogens is 2. The summed E-state index contributed by atoms with van der Waals surface area (Å²) in [6.07, 6.45) is 2.75. The van der Waals surface area contributed by atoms with Crippen LogP contribution < -0.4 is 5.32 Å². The molecule has 134 valence electrons. The van der Waals surface area contributed by atoms with Gasteiger partial charge in [0.15, 0.2) is 0 Å². The standard InChI is InChI=1S/C18H25N5OS/c1-13-4-5-16(8-19-13)21-18(24)23-7-6-15(10-23)9-22(3)11-17-14(2)20-12-25-17/h4-5,8,12,15H,6-7,9-11H2,1-3H3,(H,21,24)/t15-/m0/s1. The van der Waals surface area contributed by atoms with E-state index in [1.807, 2.05) is 29.5 Å². The Morgan fingerprint density at radius 3 is 2.92 bits per heavy atom. The molecule has 6 nitrogen and oxygen atoms in total.